The number of H-pyrrole nitrogens is 1. The standard InChI is InChI=1S/C8H13N3O3S/c1-5(2)8(12)11-15(13,14)7-4-9-10-6(7)3/h4-5H,1-3H3,(H,9,10)(H,11,12). The molecule has 1 rings (SSSR count). The summed E-state index contributed by atoms with van der Waals surface area (Å²) in [5.41, 5.74) is 0.402. The minimum Gasteiger partial charge on any atom is -0.281 e. The number of rotatable bonds is 3. The van der Waals surface area contributed by atoms with Crippen LogP contribution in [0.15, 0.2) is 11.1 Å². The second kappa shape index (κ2) is 4.01. The Bertz CT molecular complexity index is 461. The lowest BCUT2D eigenvalue weighted by molar-refractivity contribution is -0.122. The zero-order valence-corrected chi connectivity index (χ0v) is 9.55. The van der Waals surface area contributed by atoms with Crippen molar-refractivity contribution in [2.24, 2.45) is 5.92 Å². The molecule has 0 bridgehead atoms. The third-order valence-electron chi connectivity index (χ3n) is 1.83. The predicted octanol–water partition coefficient (Wildman–Crippen LogP) is 0.179. The molecule has 0 aliphatic carbocycles. The van der Waals surface area contributed by atoms with E-state index in [9.17, 15) is 13.2 Å². The molecular formula is C8H13N3O3S. The molecule has 1 amide bonds. The van der Waals surface area contributed by atoms with Gasteiger partial charge in [-0.2, -0.15) is 5.10 Å². The Morgan fingerprint density at radius 1 is 1.53 bits per heavy atom. The van der Waals surface area contributed by atoms with Crippen molar-refractivity contribution in [1.29, 1.82) is 0 Å². The van der Waals surface area contributed by atoms with Crippen LogP contribution in [0.4, 0.5) is 0 Å². The van der Waals surface area contributed by atoms with Gasteiger partial charge < -0.3 is 0 Å². The van der Waals surface area contributed by atoms with Crippen molar-refractivity contribution >= 4 is 15.9 Å². The quantitative estimate of drug-likeness (QED) is 0.776. The van der Waals surface area contributed by atoms with Crippen LogP contribution in [0, 0.1) is 12.8 Å². The normalized spacial score (nSPS) is 11.7. The molecule has 0 fully saturated rings. The summed E-state index contributed by atoms with van der Waals surface area (Å²) in [6, 6.07) is 0. The highest BCUT2D eigenvalue weighted by Gasteiger charge is 2.22. The molecule has 2 N–H and O–H groups in total. The molecule has 15 heavy (non-hydrogen) atoms. The number of carbonyl (C=O) groups excluding carboxylic acids is 1. The Labute approximate surface area is 88.1 Å². The maximum Gasteiger partial charge on any atom is 0.267 e. The summed E-state index contributed by atoms with van der Waals surface area (Å²) in [4.78, 5) is 11.2. The van der Waals surface area contributed by atoms with Crippen molar-refractivity contribution in [3.05, 3.63) is 11.9 Å². The lowest BCUT2D eigenvalue weighted by Crippen LogP contribution is -2.33. The fourth-order valence-electron chi connectivity index (χ4n) is 0.916. The van der Waals surface area contributed by atoms with Crippen molar-refractivity contribution < 1.29 is 13.2 Å². The molecule has 0 saturated carbocycles. The lowest BCUT2D eigenvalue weighted by Gasteiger charge is -2.07. The lowest BCUT2D eigenvalue weighted by atomic mass is 10.2. The molecule has 1 aromatic rings. The van der Waals surface area contributed by atoms with Crippen LogP contribution < -0.4 is 4.72 Å². The first-order valence-corrected chi connectivity index (χ1v) is 5.89. The van der Waals surface area contributed by atoms with Gasteiger partial charge in [0.25, 0.3) is 10.0 Å². The summed E-state index contributed by atoms with van der Waals surface area (Å²) >= 11 is 0. The van der Waals surface area contributed by atoms with Crippen molar-refractivity contribution in [2.45, 2.75) is 25.7 Å². The first-order valence-electron chi connectivity index (χ1n) is 4.41. The Hall–Kier alpha value is -1.37. The topological polar surface area (TPSA) is 91.9 Å². The van der Waals surface area contributed by atoms with Crippen LogP contribution in [0.3, 0.4) is 0 Å². The minimum atomic E-state index is -3.79. The summed E-state index contributed by atoms with van der Waals surface area (Å²) in [6.07, 6.45) is 1.17. The first kappa shape index (κ1) is 11.7. The number of aryl methyl sites for hydroxylation is 1. The Morgan fingerprint density at radius 2 is 2.13 bits per heavy atom. The number of nitrogens with one attached hydrogen (secondary N) is 2. The van der Waals surface area contributed by atoms with E-state index in [0.29, 0.717) is 5.69 Å². The molecule has 0 aliphatic heterocycles. The molecule has 0 spiro atoms. The van der Waals surface area contributed by atoms with E-state index in [2.05, 4.69) is 10.2 Å². The summed E-state index contributed by atoms with van der Waals surface area (Å²) in [5.74, 6) is -0.914. The number of nitrogens with zero attached hydrogens (tertiary/aromatic N) is 1. The van der Waals surface area contributed by atoms with Crippen LogP contribution in [0.25, 0.3) is 0 Å². The van der Waals surface area contributed by atoms with Gasteiger partial charge in [-0.25, -0.2) is 13.1 Å². The van der Waals surface area contributed by atoms with Gasteiger partial charge in [-0.05, 0) is 6.92 Å². The molecule has 7 heteroatoms. The molecule has 0 radical (unpaired) electrons. The highest BCUT2D eigenvalue weighted by molar-refractivity contribution is 7.90. The van der Waals surface area contributed by atoms with Crippen molar-refractivity contribution in [1.82, 2.24) is 14.9 Å². The molecule has 0 saturated heterocycles. The van der Waals surface area contributed by atoms with Gasteiger partial charge in [0.15, 0.2) is 0 Å². The van der Waals surface area contributed by atoms with E-state index >= 15 is 0 Å². The van der Waals surface area contributed by atoms with Crippen molar-refractivity contribution in [2.75, 3.05) is 0 Å². The summed E-state index contributed by atoms with van der Waals surface area (Å²) < 4.78 is 25.2. The van der Waals surface area contributed by atoms with Gasteiger partial charge in [-0.3, -0.25) is 9.89 Å². The summed E-state index contributed by atoms with van der Waals surface area (Å²) in [7, 11) is -3.79. The van der Waals surface area contributed by atoms with Gasteiger partial charge in [0, 0.05) is 5.92 Å². The van der Waals surface area contributed by atoms with Crippen LogP contribution in [-0.4, -0.2) is 24.5 Å². The average Bonchev–Trinajstić information content (AvgIpc) is 2.50. The third kappa shape index (κ3) is 2.56. The molecule has 0 aliphatic rings. The van der Waals surface area contributed by atoms with Gasteiger partial charge in [-0.1, -0.05) is 13.8 Å². The van der Waals surface area contributed by atoms with E-state index in [1.54, 1.807) is 20.8 Å². The molecule has 1 heterocycles. The van der Waals surface area contributed by atoms with E-state index in [0.717, 1.165) is 0 Å². The van der Waals surface area contributed by atoms with E-state index in [1.807, 2.05) is 4.72 Å². The van der Waals surface area contributed by atoms with Crippen LogP contribution >= 0.6 is 0 Å². The molecule has 0 atom stereocenters. The molecule has 84 valence electrons. The smallest absolute Gasteiger partial charge is 0.267 e. The number of carbonyl (C=O) groups is 1. The van der Waals surface area contributed by atoms with E-state index in [-0.39, 0.29) is 10.8 Å². The molecule has 0 unspecified atom stereocenters. The summed E-state index contributed by atoms with van der Waals surface area (Å²) in [5, 5.41) is 6.08. The Balaban J connectivity index is 2.96. The van der Waals surface area contributed by atoms with Crippen LogP contribution in [-0.2, 0) is 14.8 Å². The zero-order valence-electron chi connectivity index (χ0n) is 8.73. The number of aromatic amines is 1. The Kier molecular flexibility index (Phi) is 3.13. The van der Waals surface area contributed by atoms with E-state index in [1.165, 1.54) is 6.20 Å². The minimum absolute atomic E-state index is 0.00324. The van der Waals surface area contributed by atoms with Crippen molar-refractivity contribution in [3.8, 4) is 0 Å². The second-order valence-electron chi connectivity index (χ2n) is 3.48. The molecule has 6 nitrogen and oxygen atoms in total. The number of aromatic nitrogens is 2. The largest absolute Gasteiger partial charge is 0.281 e. The van der Waals surface area contributed by atoms with Crippen LogP contribution in [0.1, 0.15) is 19.5 Å². The highest BCUT2D eigenvalue weighted by atomic mass is 32.2. The molecule has 1 aromatic heterocycles. The van der Waals surface area contributed by atoms with Gasteiger partial charge in [0.1, 0.15) is 4.90 Å². The van der Waals surface area contributed by atoms with Gasteiger partial charge in [0.2, 0.25) is 5.91 Å². The molecule has 0 aromatic carbocycles. The SMILES string of the molecule is Cc1[nH]ncc1S(=O)(=O)NC(=O)C(C)C. The fraction of sp³-hybridized carbons (Fsp3) is 0.500. The number of sulfonamides is 1. The highest BCUT2D eigenvalue weighted by Crippen LogP contribution is 2.11. The zero-order chi connectivity index (χ0) is 11.6. The number of hydrogen-bond acceptors (Lipinski definition) is 4. The van der Waals surface area contributed by atoms with Crippen LogP contribution in [0.2, 0.25) is 0 Å². The maximum atomic E-state index is 11.6. The van der Waals surface area contributed by atoms with Crippen molar-refractivity contribution in [3.63, 3.8) is 0 Å². The van der Waals surface area contributed by atoms with Gasteiger partial charge in [-0.15, -0.1) is 0 Å². The maximum absolute atomic E-state index is 11.6. The first-order chi connectivity index (χ1) is 6.84. The fourth-order valence-corrected chi connectivity index (χ4v) is 2.17. The Morgan fingerprint density at radius 3 is 2.53 bits per heavy atom. The summed E-state index contributed by atoms with van der Waals surface area (Å²) in [6.45, 7) is 4.81. The van der Waals surface area contributed by atoms with Gasteiger partial charge in [0.05, 0.1) is 11.9 Å². The molecular weight excluding hydrogens is 218 g/mol. The average molecular weight is 231 g/mol. The predicted molar refractivity (Wildman–Crippen MR) is 53.5 cm³/mol. The van der Waals surface area contributed by atoms with Crippen LogP contribution in [0.5, 0.6) is 0 Å². The third-order valence-corrected chi connectivity index (χ3v) is 3.29. The second-order valence-corrected chi connectivity index (χ2v) is 5.13. The monoisotopic (exact) mass is 231 g/mol. The van der Waals surface area contributed by atoms with E-state index in [4.69, 9.17) is 0 Å². The number of amides is 1. The van der Waals surface area contributed by atoms with E-state index < -0.39 is 15.9 Å². The number of hydrogen-bond donors (Lipinski definition) is 2. The van der Waals surface area contributed by atoms with Gasteiger partial charge >= 0.3 is 0 Å².